The number of ether oxygens (including phenoxy) is 1. The summed E-state index contributed by atoms with van der Waals surface area (Å²) in [4.78, 5) is 0. The smallest absolute Gasteiger partial charge is 0.127 e. The predicted molar refractivity (Wildman–Crippen MR) is 126 cm³/mol. The van der Waals surface area contributed by atoms with Gasteiger partial charge in [0.15, 0.2) is 0 Å². The molecule has 0 radical (unpaired) electrons. The molecule has 0 saturated carbocycles. The molecule has 0 spiro atoms. The molecule has 1 heterocycles. The first-order valence-electron chi connectivity index (χ1n) is 12.3. The predicted octanol–water partition coefficient (Wildman–Crippen LogP) is 6.74. The van der Waals surface area contributed by atoms with Crippen molar-refractivity contribution in [2.45, 2.75) is 71.3 Å². The Balaban J connectivity index is 1.52. The third kappa shape index (κ3) is 5.09. The van der Waals surface area contributed by atoms with E-state index in [2.05, 4.69) is 67.7 Å². The van der Waals surface area contributed by atoms with Crippen LogP contribution in [0.5, 0.6) is 5.75 Å². The highest BCUT2D eigenvalue weighted by atomic mass is 16.5. The molecular formula is C28H39NO. The topological polar surface area (TPSA) is 21.3 Å². The molecule has 4 rings (SSSR count). The molecule has 0 aromatic heterocycles. The maximum absolute atomic E-state index is 6.79. The molecule has 4 unspecified atom stereocenters. The van der Waals surface area contributed by atoms with Gasteiger partial charge in [0.1, 0.15) is 11.9 Å². The van der Waals surface area contributed by atoms with Gasteiger partial charge in [0.2, 0.25) is 0 Å². The molecular weight excluding hydrogens is 366 g/mol. The van der Waals surface area contributed by atoms with Gasteiger partial charge in [-0.15, -0.1) is 0 Å². The Morgan fingerprint density at radius 2 is 1.93 bits per heavy atom. The van der Waals surface area contributed by atoms with Gasteiger partial charge in [-0.3, -0.25) is 0 Å². The van der Waals surface area contributed by atoms with Crippen LogP contribution < -0.4 is 10.1 Å². The zero-order valence-corrected chi connectivity index (χ0v) is 18.9. The second-order valence-corrected chi connectivity index (χ2v) is 9.46. The highest BCUT2D eigenvalue weighted by molar-refractivity contribution is 5.37. The van der Waals surface area contributed by atoms with Crippen molar-refractivity contribution < 1.29 is 4.74 Å². The second kappa shape index (κ2) is 10.5. The Morgan fingerprint density at radius 3 is 2.80 bits per heavy atom. The van der Waals surface area contributed by atoms with Gasteiger partial charge in [0.05, 0.1) is 0 Å². The highest BCUT2D eigenvalue weighted by Crippen LogP contribution is 2.45. The van der Waals surface area contributed by atoms with Gasteiger partial charge in [0.25, 0.3) is 0 Å². The SMILES string of the molecule is CCCC(CC)C1Cc2ccccc2C1Oc1cccc(CC2CCCNCC2)c1. The minimum atomic E-state index is 0.190. The fraction of sp³-hybridized carbons (Fsp3) is 0.571. The Morgan fingerprint density at radius 1 is 1.03 bits per heavy atom. The first-order valence-corrected chi connectivity index (χ1v) is 12.3. The minimum absolute atomic E-state index is 0.190. The standard InChI is InChI=1S/C28H39NO/c1-3-9-23(4-2)27-20-24-12-5-6-14-26(24)28(27)30-25-13-7-10-22(19-25)18-21-11-8-16-29-17-15-21/h5-7,10,12-14,19,21,23,27-29H,3-4,8-9,11,15-18,20H2,1-2H3. The molecule has 1 aliphatic carbocycles. The zero-order valence-electron chi connectivity index (χ0n) is 18.9. The summed E-state index contributed by atoms with van der Waals surface area (Å²) in [6.45, 7) is 7.01. The van der Waals surface area contributed by atoms with E-state index < -0.39 is 0 Å². The Hall–Kier alpha value is -1.80. The van der Waals surface area contributed by atoms with Crippen LogP contribution in [0.3, 0.4) is 0 Å². The molecule has 2 aliphatic rings. The molecule has 162 valence electrons. The average Bonchev–Trinajstić information content (AvgIpc) is 2.93. The van der Waals surface area contributed by atoms with Crippen molar-refractivity contribution in [3.05, 3.63) is 65.2 Å². The van der Waals surface area contributed by atoms with E-state index in [-0.39, 0.29) is 6.10 Å². The van der Waals surface area contributed by atoms with Crippen LogP contribution in [0.2, 0.25) is 0 Å². The summed E-state index contributed by atoms with van der Waals surface area (Å²) < 4.78 is 6.79. The van der Waals surface area contributed by atoms with Crippen molar-refractivity contribution in [1.82, 2.24) is 5.32 Å². The fourth-order valence-corrected chi connectivity index (χ4v) is 5.77. The molecule has 1 fully saturated rings. The maximum atomic E-state index is 6.79. The van der Waals surface area contributed by atoms with Crippen molar-refractivity contribution in [2.24, 2.45) is 17.8 Å². The van der Waals surface area contributed by atoms with Gasteiger partial charge in [-0.1, -0.05) is 69.5 Å². The zero-order chi connectivity index (χ0) is 20.8. The fourth-order valence-electron chi connectivity index (χ4n) is 5.77. The molecule has 0 bridgehead atoms. The van der Waals surface area contributed by atoms with E-state index in [9.17, 15) is 0 Å². The lowest BCUT2D eigenvalue weighted by Gasteiger charge is -2.29. The number of hydrogen-bond acceptors (Lipinski definition) is 2. The number of benzene rings is 2. The Labute approximate surface area is 183 Å². The lowest BCUT2D eigenvalue weighted by Crippen LogP contribution is -2.23. The first-order chi connectivity index (χ1) is 14.8. The Kier molecular flexibility index (Phi) is 7.49. The summed E-state index contributed by atoms with van der Waals surface area (Å²) in [5.74, 6) is 3.17. The summed E-state index contributed by atoms with van der Waals surface area (Å²) in [5, 5.41) is 3.54. The normalized spacial score (nSPS) is 24.8. The maximum Gasteiger partial charge on any atom is 0.127 e. The molecule has 2 aromatic carbocycles. The molecule has 1 N–H and O–H groups in total. The van der Waals surface area contributed by atoms with Crippen LogP contribution >= 0.6 is 0 Å². The van der Waals surface area contributed by atoms with Crippen molar-refractivity contribution in [3.8, 4) is 5.75 Å². The average molecular weight is 406 g/mol. The van der Waals surface area contributed by atoms with Crippen molar-refractivity contribution >= 4 is 0 Å². The van der Waals surface area contributed by atoms with Crippen LogP contribution in [-0.2, 0) is 12.8 Å². The van der Waals surface area contributed by atoms with Crippen LogP contribution in [0, 0.1) is 17.8 Å². The summed E-state index contributed by atoms with van der Waals surface area (Å²) in [6, 6.07) is 17.9. The minimum Gasteiger partial charge on any atom is -0.485 e. The van der Waals surface area contributed by atoms with Crippen LogP contribution in [0.15, 0.2) is 48.5 Å². The van der Waals surface area contributed by atoms with Gasteiger partial charge in [-0.25, -0.2) is 0 Å². The van der Waals surface area contributed by atoms with Crippen LogP contribution in [0.25, 0.3) is 0 Å². The molecule has 2 nitrogen and oxygen atoms in total. The van der Waals surface area contributed by atoms with Gasteiger partial charge >= 0.3 is 0 Å². The van der Waals surface area contributed by atoms with Crippen LogP contribution in [-0.4, -0.2) is 13.1 Å². The van der Waals surface area contributed by atoms with Crippen LogP contribution in [0.4, 0.5) is 0 Å². The molecule has 2 heteroatoms. The molecule has 30 heavy (non-hydrogen) atoms. The number of rotatable bonds is 8. The van der Waals surface area contributed by atoms with E-state index in [1.165, 1.54) is 68.2 Å². The molecule has 1 aliphatic heterocycles. The van der Waals surface area contributed by atoms with E-state index in [1.807, 2.05) is 0 Å². The Bertz CT molecular complexity index is 793. The lowest BCUT2D eigenvalue weighted by molar-refractivity contribution is 0.103. The largest absolute Gasteiger partial charge is 0.485 e. The van der Waals surface area contributed by atoms with Crippen molar-refractivity contribution in [2.75, 3.05) is 13.1 Å². The number of nitrogens with one attached hydrogen (secondary N) is 1. The van der Waals surface area contributed by atoms with Crippen LogP contribution in [0.1, 0.15) is 75.2 Å². The monoisotopic (exact) mass is 405 g/mol. The molecule has 1 saturated heterocycles. The van der Waals surface area contributed by atoms with Gasteiger partial charge in [-0.2, -0.15) is 0 Å². The summed E-state index contributed by atoms with van der Waals surface area (Å²) in [6.07, 6.45) is 10.2. The third-order valence-corrected chi connectivity index (χ3v) is 7.38. The summed E-state index contributed by atoms with van der Waals surface area (Å²) in [7, 11) is 0. The second-order valence-electron chi connectivity index (χ2n) is 9.46. The van der Waals surface area contributed by atoms with Gasteiger partial charge in [0, 0.05) is 5.92 Å². The van der Waals surface area contributed by atoms with Gasteiger partial charge < -0.3 is 10.1 Å². The van der Waals surface area contributed by atoms with Crippen molar-refractivity contribution in [3.63, 3.8) is 0 Å². The number of fused-ring (bicyclic) bond motifs is 1. The molecule has 2 aromatic rings. The van der Waals surface area contributed by atoms with E-state index >= 15 is 0 Å². The van der Waals surface area contributed by atoms with E-state index in [1.54, 1.807) is 0 Å². The molecule has 0 amide bonds. The quantitative estimate of drug-likeness (QED) is 0.525. The van der Waals surface area contributed by atoms with Crippen molar-refractivity contribution in [1.29, 1.82) is 0 Å². The van der Waals surface area contributed by atoms with E-state index in [4.69, 9.17) is 4.74 Å². The molecule has 4 atom stereocenters. The van der Waals surface area contributed by atoms with E-state index in [0.717, 1.165) is 30.6 Å². The highest BCUT2D eigenvalue weighted by Gasteiger charge is 2.38. The third-order valence-electron chi connectivity index (χ3n) is 7.38. The van der Waals surface area contributed by atoms with E-state index in [0.29, 0.717) is 5.92 Å². The lowest BCUT2D eigenvalue weighted by atomic mass is 9.83. The number of hydrogen-bond donors (Lipinski definition) is 1. The summed E-state index contributed by atoms with van der Waals surface area (Å²) in [5.41, 5.74) is 4.34. The summed E-state index contributed by atoms with van der Waals surface area (Å²) >= 11 is 0. The first kappa shape index (κ1) is 21.4. The van der Waals surface area contributed by atoms with Gasteiger partial charge in [-0.05, 0) is 85.9 Å².